The van der Waals surface area contributed by atoms with Crippen molar-refractivity contribution in [2.24, 2.45) is 0 Å². The van der Waals surface area contributed by atoms with Gasteiger partial charge in [0, 0.05) is 13.6 Å². The van der Waals surface area contributed by atoms with Crippen molar-refractivity contribution >= 4 is 6.09 Å². The Morgan fingerprint density at radius 1 is 1.21 bits per heavy atom. The molecule has 0 heterocycles. The van der Waals surface area contributed by atoms with Gasteiger partial charge in [0.2, 0.25) is 0 Å². The number of nitrogens with zero attached hydrogens (tertiary/aromatic N) is 1. The lowest BCUT2D eigenvalue weighted by atomic mass is 10.1. The van der Waals surface area contributed by atoms with Gasteiger partial charge >= 0.3 is 6.09 Å². The first kappa shape index (κ1) is 13.3. The van der Waals surface area contributed by atoms with Crippen LogP contribution in [-0.4, -0.2) is 30.7 Å². The highest BCUT2D eigenvalue weighted by Gasteiger charge is 2.14. The lowest BCUT2D eigenvalue weighted by Crippen LogP contribution is -2.30. The van der Waals surface area contributed by atoms with Gasteiger partial charge in [-0.05, 0) is 19.8 Å². The van der Waals surface area contributed by atoms with Crippen molar-refractivity contribution in [1.29, 1.82) is 0 Å². The maximum atomic E-state index is 11.4. The van der Waals surface area contributed by atoms with E-state index in [9.17, 15) is 4.79 Å². The molecule has 0 bridgehead atoms. The normalized spacial score (nSPS) is 10.4. The third-order valence-electron chi connectivity index (χ3n) is 2.27. The Hall–Kier alpha value is -0.730. The highest BCUT2D eigenvalue weighted by molar-refractivity contribution is 5.67. The maximum Gasteiger partial charge on any atom is 0.409 e. The summed E-state index contributed by atoms with van der Waals surface area (Å²) in [5.74, 6) is 0. The van der Waals surface area contributed by atoms with Crippen molar-refractivity contribution in [3.63, 3.8) is 0 Å². The summed E-state index contributed by atoms with van der Waals surface area (Å²) in [5, 5.41) is 0. The molecule has 0 saturated carbocycles. The average molecular weight is 201 g/mol. The van der Waals surface area contributed by atoms with Gasteiger partial charge in [0.25, 0.3) is 0 Å². The molecule has 14 heavy (non-hydrogen) atoms. The van der Waals surface area contributed by atoms with Crippen molar-refractivity contribution < 1.29 is 9.53 Å². The van der Waals surface area contributed by atoms with Gasteiger partial charge in [0.15, 0.2) is 0 Å². The standard InChI is InChI=1S/C11H23NO2/c1-5-8-10(9-6-2)14-11(13)12(4)7-3/h10H,5-9H2,1-4H3. The molecule has 0 N–H and O–H groups in total. The summed E-state index contributed by atoms with van der Waals surface area (Å²) >= 11 is 0. The van der Waals surface area contributed by atoms with E-state index >= 15 is 0 Å². The molecule has 0 fully saturated rings. The van der Waals surface area contributed by atoms with Crippen molar-refractivity contribution in [2.75, 3.05) is 13.6 Å². The minimum absolute atomic E-state index is 0.103. The number of ether oxygens (including phenoxy) is 1. The smallest absolute Gasteiger partial charge is 0.409 e. The predicted octanol–water partition coefficient (Wildman–Crippen LogP) is 3.04. The fourth-order valence-electron chi connectivity index (χ4n) is 1.27. The molecule has 0 unspecified atom stereocenters. The number of hydrogen-bond donors (Lipinski definition) is 0. The van der Waals surface area contributed by atoms with Crippen molar-refractivity contribution in [3.05, 3.63) is 0 Å². The quantitative estimate of drug-likeness (QED) is 0.661. The highest BCUT2D eigenvalue weighted by Crippen LogP contribution is 2.10. The van der Waals surface area contributed by atoms with E-state index in [0.717, 1.165) is 25.7 Å². The Morgan fingerprint density at radius 3 is 2.07 bits per heavy atom. The van der Waals surface area contributed by atoms with Crippen LogP contribution in [0.25, 0.3) is 0 Å². The van der Waals surface area contributed by atoms with E-state index in [1.54, 1.807) is 11.9 Å². The van der Waals surface area contributed by atoms with Gasteiger partial charge in [-0.2, -0.15) is 0 Å². The van der Waals surface area contributed by atoms with Crippen molar-refractivity contribution in [3.8, 4) is 0 Å². The average Bonchev–Trinajstić information content (AvgIpc) is 2.17. The molecule has 3 heteroatoms. The fraction of sp³-hybridized carbons (Fsp3) is 0.909. The topological polar surface area (TPSA) is 29.5 Å². The second kappa shape index (κ2) is 7.65. The van der Waals surface area contributed by atoms with E-state index in [1.807, 2.05) is 6.92 Å². The van der Waals surface area contributed by atoms with E-state index in [2.05, 4.69) is 13.8 Å². The number of carbonyl (C=O) groups is 1. The number of hydrogen-bond acceptors (Lipinski definition) is 2. The molecule has 0 aliphatic heterocycles. The highest BCUT2D eigenvalue weighted by atomic mass is 16.6. The van der Waals surface area contributed by atoms with Gasteiger partial charge in [0.05, 0.1) is 0 Å². The lowest BCUT2D eigenvalue weighted by Gasteiger charge is -2.21. The first-order chi connectivity index (χ1) is 6.65. The summed E-state index contributed by atoms with van der Waals surface area (Å²) < 4.78 is 5.37. The lowest BCUT2D eigenvalue weighted by molar-refractivity contribution is 0.0614. The molecule has 0 rings (SSSR count). The van der Waals surface area contributed by atoms with Gasteiger partial charge in [-0.3, -0.25) is 0 Å². The SMILES string of the molecule is CCCC(CCC)OC(=O)N(C)CC. The summed E-state index contributed by atoms with van der Waals surface area (Å²) in [6.45, 7) is 6.86. The van der Waals surface area contributed by atoms with Crippen LogP contribution in [0.3, 0.4) is 0 Å². The largest absolute Gasteiger partial charge is 0.446 e. The Balaban J connectivity index is 3.94. The second-order valence-electron chi connectivity index (χ2n) is 3.60. The molecule has 0 aliphatic carbocycles. The summed E-state index contributed by atoms with van der Waals surface area (Å²) in [5.41, 5.74) is 0. The van der Waals surface area contributed by atoms with Crippen LogP contribution in [0.5, 0.6) is 0 Å². The summed E-state index contributed by atoms with van der Waals surface area (Å²) in [6, 6.07) is 0. The monoisotopic (exact) mass is 201 g/mol. The van der Waals surface area contributed by atoms with Gasteiger partial charge in [-0.15, -0.1) is 0 Å². The zero-order valence-electron chi connectivity index (χ0n) is 9.88. The van der Waals surface area contributed by atoms with Crippen LogP contribution in [0, 0.1) is 0 Å². The Labute approximate surface area is 87.4 Å². The van der Waals surface area contributed by atoms with E-state index in [0.29, 0.717) is 6.54 Å². The molecule has 1 amide bonds. The van der Waals surface area contributed by atoms with Crippen LogP contribution in [0.15, 0.2) is 0 Å². The first-order valence-corrected chi connectivity index (χ1v) is 5.57. The van der Waals surface area contributed by atoms with E-state index in [4.69, 9.17) is 4.74 Å². The van der Waals surface area contributed by atoms with E-state index in [1.165, 1.54) is 0 Å². The first-order valence-electron chi connectivity index (χ1n) is 5.57. The molecule has 0 atom stereocenters. The Morgan fingerprint density at radius 2 is 1.71 bits per heavy atom. The van der Waals surface area contributed by atoms with Gasteiger partial charge in [-0.1, -0.05) is 26.7 Å². The summed E-state index contributed by atoms with van der Waals surface area (Å²) in [6.07, 6.45) is 3.97. The van der Waals surface area contributed by atoms with E-state index in [-0.39, 0.29) is 12.2 Å². The van der Waals surface area contributed by atoms with E-state index < -0.39 is 0 Å². The fourth-order valence-corrected chi connectivity index (χ4v) is 1.27. The van der Waals surface area contributed by atoms with Crippen LogP contribution in [0.2, 0.25) is 0 Å². The van der Waals surface area contributed by atoms with Crippen LogP contribution in [0.1, 0.15) is 46.5 Å². The molecular formula is C11H23NO2. The molecule has 84 valence electrons. The van der Waals surface area contributed by atoms with Crippen LogP contribution in [0.4, 0.5) is 4.79 Å². The summed E-state index contributed by atoms with van der Waals surface area (Å²) in [4.78, 5) is 13.0. The molecular weight excluding hydrogens is 178 g/mol. The molecule has 0 radical (unpaired) electrons. The van der Waals surface area contributed by atoms with Crippen molar-refractivity contribution in [1.82, 2.24) is 4.90 Å². The number of amides is 1. The zero-order chi connectivity index (χ0) is 11.0. The summed E-state index contributed by atoms with van der Waals surface area (Å²) in [7, 11) is 1.76. The van der Waals surface area contributed by atoms with Gasteiger partial charge < -0.3 is 9.64 Å². The van der Waals surface area contributed by atoms with Gasteiger partial charge in [0.1, 0.15) is 6.10 Å². The molecule has 0 aliphatic rings. The molecule has 0 saturated heterocycles. The number of carbonyl (C=O) groups excluding carboxylic acids is 1. The molecule has 3 nitrogen and oxygen atoms in total. The Kier molecular flexibility index (Phi) is 7.25. The van der Waals surface area contributed by atoms with Crippen LogP contribution in [-0.2, 0) is 4.74 Å². The molecule has 0 spiro atoms. The molecule has 0 aromatic heterocycles. The zero-order valence-corrected chi connectivity index (χ0v) is 9.88. The third-order valence-corrected chi connectivity index (χ3v) is 2.27. The van der Waals surface area contributed by atoms with Gasteiger partial charge in [-0.25, -0.2) is 4.79 Å². The third kappa shape index (κ3) is 5.10. The second-order valence-corrected chi connectivity index (χ2v) is 3.60. The molecule has 0 aromatic carbocycles. The van der Waals surface area contributed by atoms with Crippen LogP contribution < -0.4 is 0 Å². The van der Waals surface area contributed by atoms with Crippen molar-refractivity contribution in [2.45, 2.75) is 52.6 Å². The minimum Gasteiger partial charge on any atom is -0.446 e. The molecule has 0 aromatic rings. The number of rotatable bonds is 6. The Bertz CT molecular complexity index is 153. The minimum atomic E-state index is -0.195. The van der Waals surface area contributed by atoms with Crippen LogP contribution >= 0.6 is 0 Å². The maximum absolute atomic E-state index is 11.4. The predicted molar refractivity (Wildman–Crippen MR) is 58.4 cm³/mol.